The van der Waals surface area contributed by atoms with Crippen molar-refractivity contribution in [3.05, 3.63) is 48.7 Å². The molecule has 2 nitrogen and oxygen atoms in total. The van der Waals surface area contributed by atoms with Crippen molar-refractivity contribution in [2.45, 2.75) is 45.7 Å². The van der Waals surface area contributed by atoms with Gasteiger partial charge < -0.3 is 9.88 Å². The zero-order valence-electron chi connectivity index (χ0n) is 12.6. The summed E-state index contributed by atoms with van der Waals surface area (Å²) >= 11 is 0. The normalized spacial score (nSPS) is 11.1. The number of hydrogen-bond donors (Lipinski definition) is 1. The quantitative estimate of drug-likeness (QED) is 0.524. The van der Waals surface area contributed by atoms with Gasteiger partial charge in [0.1, 0.15) is 0 Å². The first-order valence-electron chi connectivity index (χ1n) is 7.75. The number of benzene rings is 1. The van der Waals surface area contributed by atoms with Crippen LogP contribution in [0.1, 0.15) is 38.2 Å². The van der Waals surface area contributed by atoms with E-state index in [9.17, 15) is 0 Å². The SMILES string of the molecule is C=CCCCCCn1cc(CNCC)c2ccccc21. The van der Waals surface area contributed by atoms with Gasteiger partial charge in [-0.05, 0) is 37.4 Å². The molecule has 0 aliphatic carbocycles. The van der Waals surface area contributed by atoms with Crippen LogP contribution in [0.5, 0.6) is 0 Å². The number of allylic oxidation sites excluding steroid dienone is 1. The molecule has 0 fully saturated rings. The van der Waals surface area contributed by atoms with Crippen LogP contribution >= 0.6 is 0 Å². The molecule has 0 radical (unpaired) electrons. The first kappa shape index (κ1) is 14.9. The molecule has 0 aliphatic heterocycles. The first-order chi connectivity index (χ1) is 9.86. The van der Waals surface area contributed by atoms with Crippen LogP contribution in [0.4, 0.5) is 0 Å². The van der Waals surface area contributed by atoms with Gasteiger partial charge in [-0.3, -0.25) is 0 Å². The second-order valence-electron chi connectivity index (χ2n) is 5.28. The Labute approximate surface area is 122 Å². The molecule has 108 valence electrons. The zero-order valence-corrected chi connectivity index (χ0v) is 12.6. The van der Waals surface area contributed by atoms with E-state index in [0.717, 1.165) is 26.1 Å². The lowest BCUT2D eigenvalue weighted by molar-refractivity contribution is 0.601. The molecule has 0 amide bonds. The number of hydrogen-bond acceptors (Lipinski definition) is 1. The molecule has 1 heterocycles. The van der Waals surface area contributed by atoms with E-state index in [1.54, 1.807) is 0 Å². The molecule has 0 saturated carbocycles. The number of nitrogens with zero attached hydrogens (tertiary/aromatic N) is 1. The molecule has 2 rings (SSSR count). The largest absolute Gasteiger partial charge is 0.347 e. The average Bonchev–Trinajstić information content (AvgIpc) is 2.83. The molecular formula is C18H26N2. The van der Waals surface area contributed by atoms with Gasteiger partial charge in [-0.2, -0.15) is 0 Å². The molecule has 1 aromatic carbocycles. The first-order valence-corrected chi connectivity index (χ1v) is 7.75. The van der Waals surface area contributed by atoms with Crippen molar-refractivity contribution in [2.24, 2.45) is 0 Å². The summed E-state index contributed by atoms with van der Waals surface area (Å²) in [5.74, 6) is 0. The maximum Gasteiger partial charge on any atom is 0.0483 e. The Balaban J connectivity index is 2.06. The molecule has 0 saturated heterocycles. The third-order valence-corrected chi connectivity index (χ3v) is 3.74. The smallest absolute Gasteiger partial charge is 0.0483 e. The Kier molecular flexibility index (Phi) is 5.87. The lowest BCUT2D eigenvalue weighted by Crippen LogP contribution is -2.11. The highest BCUT2D eigenvalue weighted by Crippen LogP contribution is 2.22. The van der Waals surface area contributed by atoms with Gasteiger partial charge in [-0.1, -0.05) is 37.6 Å². The van der Waals surface area contributed by atoms with E-state index in [-0.39, 0.29) is 0 Å². The monoisotopic (exact) mass is 270 g/mol. The van der Waals surface area contributed by atoms with Crippen LogP contribution in [0.2, 0.25) is 0 Å². The second-order valence-corrected chi connectivity index (χ2v) is 5.28. The van der Waals surface area contributed by atoms with Gasteiger partial charge in [-0.25, -0.2) is 0 Å². The van der Waals surface area contributed by atoms with Crippen LogP contribution in [0.3, 0.4) is 0 Å². The van der Waals surface area contributed by atoms with Crippen LogP contribution < -0.4 is 5.32 Å². The van der Waals surface area contributed by atoms with E-state index < -0.39 is 0 Å². The fourth-order valence-corrected chi connectivity index (χ4v) is 2.66. The van der Waals surface area contributed by atoms with E-state index in [2.05, 4.69) is 53.8 Å². The lowest BCUT2D eigenvalue weighted by atomic mass is 10.2. The summed E-state index contributed by atoms with van der Waals surface area (Å²) in [5.41, 5.74) is 2.78. The van der Waals surface area contributed by atoms with Crippen molar-refractivity contribution in [1.82, 2.24) is 9.88 Å². The summed E-state index contributed by atoms with van der Waals surface area (Å²) in [5, 5.41) is 4.82. The topological polar surface area (TPSA) is 17.0 Å². The van der Waals surface area contributed by atoms with E-state index in [1.165, 1.54) is 35.7 Å². The number of rotatable bonds is 9. The number of nitrogens with one attached hydrogen (secondary N) is 1. The minimum absolute atomic E-state index is 0.959. The summed E-state index contributed by atoms with van der Waals surface area (Å²) in [7, 11) is 0. The van der Waals surface area contributed by atoms with Crippen LogP contribution in [0.15, 0.2) is 43.1 Å². The van der Waals surface area contributed by atoms with Gasteiger partial charge >= 0.3 is 0 Å². The number of fused-ring (bicyclic) bond motifs is 1. The lowest BCUT2D eigenvalue weighted by Gasteiger charge is -2.04. The molecular weight excluding hydrogens is 244 g/mol. The van der Waals surface area contributed by atoms with Gasteiger partial charge in [0, 0.05) is 30.2 Å². The van der Waals surface area contributed by atoms with E-state index in [4.69, 9.17) is 0 Å². The van der Waals surface area contributed by atoms with Crippen LogP contribution in [0.25, 0.3) is 10.9 Å². The van der Waals surface area contributed by atoms with Crippen molar-refractivity contribution in [2.75, 3.05) is 6.54 Å². The Morgan fingerprint density at radius 1 is 1.20 bits per heavy atom. The number of para-hydroxylation sites is 1. The molecule has 1 N–H and O–H groups in total. The Morgan fingerprint density at radius 3 is 2.85 bits per heavy atom. The molecule has 0 atom stereocenters. The van der Waals surface area contributed by atoms with Crippen molar-refractivity contribution in [3.8, 4) is 0 Å². The molecule has 2 aromatic rings. The van der Waals surface area contributed by atoms with E-state index in [0.29, 0.717) is 0 Å². The Hall–Kier alpha value is -1.54. The standard InChI is InChI=1S/C18H26N2/c1-3-5-6-7-10-13-20-15-16(14-19-4-2)17-11-8-9-12-18(17)20/h3,8-9,11-12,15,19H,1,4-7,10,13-14H2,2H3. The van der Waals surface area contributed by atoms with Gasteiger partial charge in [0.2, 0.25) is 0 Å². The summed E-state index contributed by atoms with van der Waals surface area (Å²) < 4.78 is 2.41. The van der Waals surface area contributed by atoms with E-state index in [1.807, 2.05) is 6.08 Å². The molecule has 0 aliphatic rings. The van der Waals surface area contributed by atoms with Crippen LogP contribution in [-0.4, -0.2) is 11.1 Å². The minimum atomic E-state index is 0.959. The maximum absolute atomic E-state index is 3.78. The highest BCUT2D eigenvalue weighted by Gasteiger charge is 2.07. The van der Waals surface area contributed by atoms with E-state index >= 15 is 0 Å². The number of aromatic nitrogens is 1. The third-order valence-electron chi connectivity index (χ3n) is 3.74. The van der Waals surface area contributed by atoms with Crippen molar-refractivity contribution in [3.63, 3.8) is 0 Å². The predicted molar refractivity (Wildman–Crippen MR) is 88.0 cm³/mol. The van der Waals surface area contributed by atoms with Crippen molar-refractivity contribution in [1.29, 1.82) is 0 Å². The molecule has 20 heavy (non-hydrogen) atoms. The molecule has 0 spiro atoms. The highest BCUT2D eigenvalue weighted by molar-refractivity contribution is 5.83. The molecule has 2 heteroatoms. The summed E-state index contributed by atoms with van der Waals surface area (Å²) in [6, 6.07) is 8.73. The van der Waals surface area contributed by atoms with Crippen LogP contribution in [-0.2, 0) is 13.1 Å². The van der Waals surface area contributed by atoms with Gasteiger partial charge in [0.15, 0.2) is 0 Å². The maximum atomic E-state index is 3.78. The van der Waals surface area contributed by atoms with Gasteiger partial charge in [0.05, 0.1) is 0 Å². The zero-order chi connectivity index (χ0) is 14.2. The fourth-order valence-electron chi connectivity index (χ4n) is 2.66. The van der Waals surface area contributed by atoms with Gasteiger partial charge in [0.25, 0.3) is 0 Å². The third kappa shape index (κ3) is 3.73. The molecule has 1 aromatic heterocycles. The summed E-state index contributed by atoms with van der Waals surface area (Å²) in [6.07, 6.45) is 9.25. The second kappa shape index (κ2) is 7.91. The Bertz CT molecular complexity index is 539. The fraction of sp³-hybridized carbons (Fsp3) is 0.444. The Morgan fingerprint density at radius 2 is 2.05 bits per heavy atom. The average molecular weight is 270 g/mol. The summed E-state index contributed by atoms with van der Waals surface area (Å²) in [6.45, 7) is 9.02. The highest BCUT2D eigenvalue weighted by atomic mass is 15.0. The van der Waals surface area contributed by atoms with Crippen molar-refractivity contribution >= 4 is 10.9 Å². The summed E-state index contributed by atoms with van der Waals surface area (Å²) in [4.78, 5) is 0. The van der Waals surface area contributed by atoms with Crippen LogP contribution in [0, 0.1) is 0 Å². The minimum Gasteiger partial charge on any atom is -0.347 e. The molecule has 0 unspecified atom stereocenters. The number of aryl methyl sites for hydroxylation is 1. The number of unbranched alkanes of at least 4 members (excludes halogenated alkanes) is 3. The van der Waals surface area contributed by atoms with Crippen molar-refractivity contribution < 1.29 is 0 Å². The predicted octanol–water partition coefficient (Wildman–Crippen LogP) is 4.50. The van der Waals surface area contributed by atoms with Gasteiger partial charge in [-0.15, -0.1) is 6.58 Å². The molecule has 0 bridgehead atoms.